The normalized spacial score (nSPS) is 19.5. The van der Waals surface area contributed by atoms with Crippen LogP contribution in [-0.2, 0) is 11.1 Å². The van der Waals surface area contributed by atoms with Gasteiger partial charge in [-0.3, -0.25) is 4.90 Å². The highest BCUT2D eigenvalue weighted by Crippen LogP contribution is 2.45. The molecule has 0 bridgehead atoms. The fourth-order valence-corrected chi connectivity index (χ4v) is 4.67. The van der Waals surface area contributed by atoms with Crippen LogP contribution in [0.4, 0.5) is 0 Å². The van der Waals surface area contributed by atoms with E-state index in [0.717, 1.165) is 11.1 Å². The zero-order valence-corrected chi connectivity index (χ0v) is 17.6. The van der Waals surface area contributed by atoms with Crippen LogP contribution < -0.4 is 0 Å². The molecule has 1 aliphatic rings. The van der Waals surface area contributed by atoms with Gasteiger partial charge in [-0.1, -0.05) is 54.6 Å². The van der Waals surface area contributed by atoms with Crippen LogP contribution in [0.5, 0.6) is 11.5 Å². The lowest BCUT2D eigenvalue weighted by molar-refractivity contribution is -0.0897. The van der Waals surface area contributed by atoms with E-state index < -0.39 is 17.2 Å². The molecule has 3 aromatic carbocycles. The van der Waals surface area contributed by atoms with Crippen molar-refractivity contribution in [2.75, 3.05) is 13.1 Å². The quantitative estimate of drug-likeness (QED) is 0.502. The molecule has 4 rings (SSSR count). The molecule has 0 spiro atoms. The summed E-state index contributed by atoms with van der Waals surface area (Å²) in [6.45, 7) is 3.18. The minimum Gasteiger partial charge on any atom is -0.508 e. The number of aromatic hydroxyl groups is 2. The standard InChI is InChI=1S/C26H29NO4/c1-25(20-9-13-23(29)14-10-20,24(30)19-7-11-22(28)12-8-19)27-17-15-26(31,16-18-27)21-5-3-2-4-6-21/h2-14,24,28-31H,15-18H2,1H3/t24-,25-/m0/s1. The number of phenols is 2. The molecule has 0 aliphatic carbocycles. The molecule has 5 nitrogen and oxygen atoms in total. The topological polar surface area (TPSA) is 84.2 Å². The highest BCUT2D eigenvalue weighted by molar-refractivity contribution is 5.36. The average Bonchev–Trinajstić information content (AvgIpc) is 2.80. The minimum absolute atomic E-state index is 0.146. The van der Waals surface area contributed by atoms with Crippen molar-refractivity contribution in [2.45, 2.75) is 37.0 Å². The molecule has 0 amide bonds. The number of nitrogens with zero attached hydrogens (tertiary/aromatic N) is 1. The second kappa shape index (κ2) is 8.35. The van der Waals surface area contributed by atoms with Crippen LogP contribution in [0.1, 0.15) is 42.6 Å². The van der Waals surface area contributed by atoms with E-state index in [9.17, 15) is 20.4 Å². The van der Waals surface area contributed by atoms with E-state index in [2.05, 4.69) is 4.90 Å². The molecule has 5 heteroatoms. The molecule has 2 atom stereocenters. The first-order valence-electron chi connectivity index (χ1n) is 10.6. The van der Waals surface area contributed by atoms with Crippen LogP contribution in [-0.4, -0.2) is 38.4 Å². The van der Waals surface area contributed by atoms with Crippen LogP contribution in [0.25, 0.3) is 0 Å². The molecule has 0 aromatic heterocycles. The molecule has 4 N–H and O–H groups in total. The first-order chi connectivity index (χ1) is 14.8. The molecule has 1 aliphatic heterocycles. The Labute approximate surface area is 182 Å². The van der Waals surface area contributed by atoms with Gasteiger partial charge >= 0.3 is 0 Å². The summed E-state index contributed by atoms with van der Waals surface area (Å²) in [6.07, 6.45) is 0.223. The summed E-state index contributed by atoms with van der Waals surface area (Å²) in [5.41, 5.74) is 0.799. The summed E-state index contributed by atoms with van der Waals surface area (Å²) < 4.78 is 0. The third-order valence-corrected chi connectivity index (χ3v) is 6.75. The van der Waals surface area contributed by atoms with E-state index >= 15 is 0 Å². The lowest BCUT2D eigenvalue weighted by Gasteiger charge is -2.50. The Morgan fingerprint density at radius 1 is 0.806 bits per heavy atom. The molecular weight excluding hydrogens is 390 g/mol. The van der Waals surface area contributed by atoms with Crippen molar-refractivity contribution in [1.29, 1.82) is 0 Å². The molecule has 31 heavy (non-hydrogen) atoms. The summed E-state index contributed by atoms with van der Waals surface area (Å²) in [5.74, 6) is 0.315. The summed E-state index contributed by atoms with van der Waals surface area (Å²) in [7, 11) is 0. The number of rotatable bonds is 5. The van der Waals surface area contributed by atoms with Gasteiger partial charge in [-0.25, -0.2) is 0 Å². The first kappa shape index (κ1) is 21.4. The maximum Gasteiger partial charge on any atom is 0.115 e. The van der Waals surface area contributed by atoms with Gasteiger partial charge in [-0.15, -0.1) is 0 Å². The van der Waals surface area contributed by atoms with Gasteiger partial charge in [0.05, 0.1) is 11.1 Å². The highest BCUT2D eigenvalue weighted by Gasteiger charge is 2.45. The lowest BCUT2D eigenvalue weighted by atomic mass is 9.77. The predicted molar refractivity (Wildman–Crippen MR) is 120 cm³/mol. The molecule has 1 saturated heterocycles. The lowest BCUT2D eigenvalue weighted by Crippen LogP contribution is -2.54. The number of piperidine rings is 1. The van der Waals surface area contributed by atoms with E-state index in [1.807, 2.05) is 49.4 Å². The van der Waals surface area contributed by atoms with E-state index in [0.29, 0.717) is 31.5 Å². The molecule has 0 unspecified atom stereocenters. The molecule has 0 saturated carbocycles. The van der Waals surface area contributed by atoms with Crippen molar-refractivity contribution < 1.29 is 20.4 Å². The van der Waals surface area contributed by atoms with Crippen molar-refractivity contribution in [3.05, 3.63) is 95.6 Å². The van der Waals surface area contributed by atoms with Gasteiger partial charge in [-0.05, 0) is 60.7 Å². The maximum absolute atomic E-state index is 11.5. The number of hydrogen-bond donors (Lipinski definition) is 4. The molecule has 3 aromatic rings. The molecule has 162 valence electrons. The molecular formula is C26H29NO4. The Bertz CT molecular complexity index is 996. The van der Waals surface area contributed by atoms with Gasteiger partial charge in [0.15, 0.2) is 0 Å². The van der Waals surface area contributed by atoms with Crippen LogP contribution in [0.15, 0.2) is 78.9 Å². The second-order valence-electron chi connectivity index (χ2n) is 8.57. The number of aliphatic hydroxyl groups excluding tert-OH is 1. The Morgan fingerprint density at radius 2 is 1.32 bits per heavy atom. The van der Waals surface area contributed by atoms with Crippen molar-refractivity contribution in [1.82, 2.24) is 4.90 Å². The zero-order valence-electron chi connectivity index (χ0n) is 17.6. The summed E-state index contributed by atoms with van der Waals surface area (Å²) in [4.78, 5) is 2.20. The second-order valence-corrected chi connectivity index (χ2v) is 8.57. The van der Waals surface area contributed by atoms with Gasteiger partial charge in [-0.2, -0.15) is 0 Å². The number of phenolic OH excluding ortho intramolecular Hbond substituents is 2. The summed E-state index contributed by atoms with van der Waals surface area (Å²) in [6, 6.07) is 23.2. The van der Waals surface area contributed by atoms with Gasteiger partial charge in [0, 0.05) is 13.1 Å². The van der Waals surface area contributed by atoms with Crippen LogP contribution in [0.3, 0.4) is 0 Å². The third-order valence-electron chi connectivity index (χ3n) is 6.75. The monoisotopic (exact) mass is 419 g/mol. The molecule has 1 heterocycles. The van der Waals surface area contributed by atoms with E-state index in [4.69, 9.17) is 0 Å². The van der Waals surface area contributed by atoms with Gasteiger partial charge in [0.2, 0.25) is 0 Å². The van der Waals surface area contributed by atoms with Crippen LogP contribution >= 0.6 is 0 Å². The number of likely N-dealkylation sites (tertiary alicyclic amines) is 1. The number of aliphatic hydroxyl groups is 2. The van der Waals surface area contributed by atoms with Crippen LogP contribution in [0.2, 0.25) is 0 Å². The zero-order chi connectivity index (χ0) is 22.1. The van der Waals surface area contributed by atoms with Gasteiger partial charge in [0.25, 0.3) is 0 Å². The average molecular weight is 420 g/mol. The largest absolute Gasteiger partial charge is 0.508 e. The highest BCUT2D eigenvalue weighted by atomic mass is 16.3. The summed E-state index contributed by atoms with van der Waals surface area (Å²) in [5, 5.41) is 42.2. The van der Waals surface area contributed by atoms with E-state index in [1.165, 1.54) is 0 Å². The number of benzene rings is 3. The van der Waals surface area contributed by atoms with Gasteiger partial charge in [0.1, 0.15) is 17.6 Å². The maximum atomic E-state index is 11.5. The Balaban J connectivity index is 1.67. The van der Waals surface area contributed by atoms with Crippen molar-refractivity contribution in [3.63, 3.8) is 0 Å². The fraction of sp³-hybridized carbons (Fsp3) is 0.308. The Morgan fingerprint density at radius 3 is 1.87 bits per heavy atom. The number of hydrogen-bond acceptors (Lipinski definition) is 5. The Hall–Kier alpha value is -2.86. The summed E-state index contributed by atoms with van der Waals surface area (Å²) >= 11 is 0. The van der Waals surface area contributed by atoms with Crippen molar-refractivity contribution in [3.8, 4) is 11.5 Å². The molecule has 0 radical (unpaired) electrons. The van der Waals surface area contributed by atoms with Crippen molar-refractivity contribution in [2.24, 2.45) is 0 Å². The smallest absolute Gasteiger partial charge is 0.115 e. The van der Waals surface area contributed by atoms with Crippen LogP contribution in [0, 0.1) is 0 Å². The predicted octanol–water partition coefficient (Wildman–Crippen LogP) is 4.03. The third kappa shape index (κ3) is 4.04. The van der Waals surface area contributed by atoms with E-state index in [1.54, 1.807) is 36.4 Å². The fourth-order valence-electron chi connectivity index (χ4n) is 4.67. The Kier molecular flexibility index (Phi) is 5.75. The first-order valence-corrected chi connectivity index (χ1v) is 10.6. The molecule has 1 fully saturated rings. The van der Waals surface area contributed by atoms with Crippen molar-refractivity contribution >= 4 is 0 Å². The SMILES string of the molecule is C[C@](c1ccc(O)cc1)([C@@H](O)c1ccc(O)cc1)N1CCC(O)(c2ccccc2)CC1. The van der Waals surface area contributed by atoms with Gasteiger partial charge < -0.3 is 20.4 Å². The van der Waals surface area contributed by atoms with E-state index in [-0.39, 0.29) is 11.5 Å². The minimum atomic E-state index is -0.892.